The lowest BCUT2D eigenvalue weighted by atomic mass is 10.2. The Hall–Kier alpha value is -2.05. The summed E-state index contributed by atoms with van der Waals surface area (Å²) < 4.78 is 5.38. The Morgan fingerprint density at radius 3 is 2.63 bits per heavy atom. The molecule has 1 aliphatic rings. The molecule has 142 valence electrons. The summed E-state index contributed by atoms with van der Waals surface area (Å²) in [5.74, 6) is -0.820. The molecule has 1 aromatic carbocycles. The van der Waals surface area contributed by atoms with Gasteiger partial charge >= 0.3 is 5.97 Å². The number of aromatic nitrogens is 1. The molecule has 0 unspecified atom stereocenters. The summed E-state index contributed by atoms with van der Waals surface area (Å²) in [6, 6.07) is 10.8. The Balaban J connectivity index is 1.65. The van der Waals surface area contributed by atoms with Crippen molar-refractivity contribution in [2.24, 2.45) is 0 Å². The van der Waals surface area contributed by atoms with Gasteiger partial charge in [-0.25, -0.2) is 9.78 Å². The average molecular weight is 405 g/mol. The van der Waals surface area contributed by atoms with E-state index in [1.54, 1.807) is 37.4 Å². The van der Waals surface area contributed by atoms with E-state index in [0.29, 0.717) is 15.6 Å². The quantitative estimate of drug-likeness (QED) is 0.718. The third-order valence-electron chi connectivity index (χ3n) is 4.37. The summed E-state index contributed by atoms with van der Waals surface area (Å²) in [6.45, 7) is 1.59. The van der Waals surface area contributed by atoms with Crippen molar-refractivity contribution < 1.29 is 14.3 Å². The molecule has 1 saturated carbocycles. The average Bonchev–Trinajstić information content (AvgIpc) is 3.17. The molecule has 1 amide bonds. The van der Waals surface area contributed by atoms with Crippen LogP contribution in [0, 0.1) is 0 Å². The molecule has 0 bridgehead atoms. The number of rotatable bonds is 6. The van der Waals surface area contributed by atoms with Crippen LogP contribution in [0.1, 0.15) is 43.0 Å². The third kappa shape index (κ3) is 5.47. The maximum absolute atomic E-state index is 12.6. The van der Waals surface area contributed by atoms with Crippen molar-refractivity contribution in [2.75, 3.05) is 0 Å². The minimum absolute atomic E-state index is 0.188. The molecule has 1 aliphatic carbocycles. The van der Waals surface area contributed by atoms with Crippen LogP contribution in [0.2, 0.25) is 5.02 Å². The fraction of sp³-hybridized carbons (Fsp3) is 0.350. The number of nitrogens with one attached hydrogen (secondary N) is 1. The topological polar surface area (TPSA) is 68.3 Å². The van der Waals surface area contributed by atoms with E-state index in [-0.39, 0.29) is 11.9 Å². The number of halogens is 1. The molecule has 7 heteroatoms. The molecule has 0 radical (unpaired) electrons. The maximum Gasteiger partial charge on any atom is 0.341 e. The number of nitrogens with zero attached hydrogens (tertiary/aromatic N) is 1. The zero-order valence-corrected chi connectivity index (χ0v) is 16.6. The molecule has 3 rings (SSSR count). The van der Waals surface area contributed by atoms with E-state index in [4.69, 9.17) is 16.3 Å². The highest BCUT2D eigenvalue weighted by atomic mass is 35.5. The van der Waals surface area contributed by atoms with Crippen molar-refractivity contribution in [1.82, 2.24) is 10.3 Å². The van der Waals surface area contributed by atoms with E-state index in [0.717, 1.165) is 30.6 Å². The zero-order chi connectivity index (χ0) is 19.2. The predicted octanol–water partition coefficient (Wildman–Crippen LogP) is 4.49. The van der Waals surface area contributed by atoms with Gasteiger partial charge in [0.2, 0.25) is 0 Å². The van der Waals surface area contributed by atoms with Gasteiger partial charge in [0.05, 0.1) is 5.56 Å². The summed E-state index contributed by atoms with van der Waals surface area (Å²) in [4.78, 5) is 30.0. The van der Waals surface area contributed by atoms with Crippen LogP contribution in [0.15, 0.2) is 52.5 Å². The summed E-state index contributed by atoms with van der Waals surface area (Å²) >= 11 is 7.25. The second-order valence-electron chi connectivity index (χ2n) is 6.45. The first-order valence-electron chi connectivity index (χ1n) is 8.93. The molecule has 1 N–H and O–H groups in total. The van der Waals surface area contributed by atoms with Crippen LogP contribution in [0.4, 0.5) is 0 Å². The van der Waals surface area contributed by atoms with Crippen LogP contribution in [0.3, 0.4) is 0 Å². The van der Waals surface area contributed by atoms with Gasteiger partial charge in [0.25, 0.3) is 5.91 Å². The monoisotopic (exact) mass is 404 g/mol. The molecule has 1 aromatic heterocycles. The van der Waals surface area contributed by atoms with Gasteiger partial charge in [-0.05, 0) is 56.2 Å². The van der Waals surface area contributed by atoms with E-state index in [1.165, 1.54) is 11.8 Å². The Bertz CT molecular complexity index is 807. The lowest BCUT2D eigenvalue weighted by Crippen LogP contribution is -2.40. The minimum Gasteiger partial charge on any atom is -0.449 e. The number of benzene rings is 1. The highest BCUT2D eigenvalue weighted by Crippen LogP contribution is 2.30. The summed E-state index contributed by atoms with van der Waals surface area (Å²) in [5.41, 5.74) is 0.331. The van der Waals surface area contributed by atoms with Gasteiger partial charge in [-0.3, -0.25) is 4.79 Å². The first-order valence-corrected chi connectivity index (χ1v) is 10.1. The maximum atomic E-state index is 12.6. The van der Waals surface area contributed by atoms with Gasteiger partial charge in [-0.1, -0.05) is 36.2 Å². The summed E-state index contributed by atoms with van der Waals surface area (Å²) in [7, 11) is 0. The van der Waals surface area contributed by atoms with Crippen molar-refractivity contribution in [2.45, 2.75) is 54.7 Å². The Kier molecular flexibility index (Phi) is 6.74. The van der Waals surface area contributed by atoms with Crippen LogP contribution < -0.4 is 5.32 Å². The van der Waals surface area contributed by atoms with Crippen molar-refractivity contribution in [3.05, 3.63) is 53.2 Å². The summed E-state index contributed by atoms with van der Waals surface area (Å²) in [5, 5.41) is 4.11. The number of pyridine rings is 1. The molecule has 2 aromatic rings. The lowest BCUT2D eigenvalue weighted by Gasteiger charge is -2.17. The minimum atomic E-state index is -0.855. The van der Waals surface area contributed by atoms with E-state index in [2.05, 4.69) is 10.3 Å². The first kappa shape index (κ1) is 19.7. The van der Waals surface area contributed by atoms with E-state index < -0.39 is 12.1 Å². The smallest absolute Gasteiger partial charge is 0.341 e. The third-order valence-corrected chi connectivity index (χ3v) is 5.65. The molecule has 0 spiro atoms. The van der Waals surface area contributed by atoms with Gasteiger partial charge in [-0.2, -0.15) is 0 Å². The predicted molar refractivity (Wildman–Crippen MR) is 105 cm³/mol. The molecule has 5 nitrogen and oxygen atoms in total. The second kappa shape index (κ2) is 9.24. The Labute approximate surface area is 167 Å². The summed E-state index contributed by atoms with van der Waals surface area (Å²) in [6.07, 6.45) is 4.98. The van der Waals surface area contributed by atoms with Gasteiger partial charge in [-0.15, -0.1) is 0 Å². The number of ether oxygens (including phenoxy) is 1. The highest BCUT2D eigenvalue weighted by molar-refractivity contribution is 7.99. The molecule has 0 saturated heterocycles. The van der Waals surface area contributed by atoms with Gasteiger partial charge in [0, 0.05) is 22.2 Å². The van der Waals surface area contributed by atoms with Gasteiger partial charge < -0.3 is 10.1 Å². The molecule has 1 atom stereocenters. The van der Waals surface area contributed by atoms with Gasteiger partial charge in [0.1, 0.15) is 5.03 Å². The van der Waals surface area contributed by atoms with Crippen molar-refractivity contribution in [3.63, 3.8) is 0 Å². The Morgan fingerprint density at radius 1 is 1.22 bits per heavy atom. The first-order chi connectivity index (χ1) is 13.0. The van der Waals surface area contributed by atoms with Crippen LogP contribution in [-0.2, 0) is 9.53 Å². The van der Waals surface area contributed by atoms with E-state index in [1.807, 2.05) is 12.1 Å². The van der Waals surface area contributed by atoms with Crippen LogP contribution in [0.5, 0.6) is 0 Å². The number of amides is 1. The van der Waals surface area contributed by atoms with Crippen molar-refractivity contribution in [1.29, 1.82) is 0 Å². The molecule has 1 heterocycles. The fourth-order valence-corrected chi connectivity index (χ4v) is 3.90. The normalized spacial score (nSPS) is 15.3. The lowest BCUT2D eigenvalue weighted by molar-refractivity contribution is -0.129. The van der Waals surface area contributed by atoms with Crippen LogP contribution in [0.25, 0.3) is 0 Å². The molecular weight excluding hydrogens is 384 g/mol. The van der Waals surface area contributed by atoms with Crippen LogP contribution >= 0.6 is 23.4 Å². The number of hydrogen-bond acceptors (Lipinski definition) is 5. The SMILES string of the molecule is C[C@@H](OC(=O)c1cccnc1Sc1ccc(Cl)cc1)C(=O)NC1CCCC1. The largest absolute Gasteiger partial charge is 0.449 e. The van der Waals surface area contributed by atoms with Crippen molar-refractivity contribution in [3.8, 4) is 0 Å². The van der Waals surface area contributed by atoms with E-state index in [9.17, 15) is 9.59 Å². The zero-order valence-electron chi connectivity index (χ0n) is 15.0. The second-order valence-corrected chi connectivity index (χ2v) is 7.95. The number of carbonyl (C=O) groups is 2. The van der Waals surface area contributed by atoms with Gasteiger partial charge in [0.15, 0.2) is 6.10 Å². The van der Waals surface area contributed by atoms with E-state index >= 15 is 0 Å². The molecule has 1 fully saturated rings. The highest BCUT2D eigenvalue weighted by Gasteiger charge is 2.24. The number of carbonyl (C=O) groups excluding carboxylic acids is 2. The molecule has 27 heavy (non-hydrogen) atoms. The van der Waals surface area contributed by atoms with Crippen LogP contribution in [-0.4, -0.2) is 29.0 Å². The number of hydrogen-bond donors (Lipinski definition) is 1. The standard InChI is InChI=1S/C20H21ClN2O3S/c1-13(18(24)23-15-5-2-3-6-15)26-20(25)17-7-4-12-22-19(17)27-16-10-8-14(21)9-11-16/h4,7-13,15H,2-3,5-6H2,1H3,(H,23,24)/t13-/m1/s1. The fourth-order valence-electron chi connectivity index (χ4n) is 2.91. The number of esters is 1. The van der Waals surface area contributed by atoms with Crippen molar-refractivity contribution >= 4 is 35.2 Å². The molecular formula is C20H21ClN2O3S. The Morgan fingerprint density at radius 2 is 1.93 bits per heavy atom. The molecule has 0 aliphatic heterocycles.